The van der Waals surface area contributed by atoms with E-state index >= 15 is 0 Å². The summed E-state index contributed by atoms with van der Waals surface area (Å²) >= 11 is 0. The van der Waals surface area contributed by atoms with Crippen LogP contribution in [0.2, 0.25) is 0 Å². The second-order valence-corrected chi connectivity index (χ2v) is 4.47. The lowest BCUT2D eigenvalue weighted by Crippen LogP contribution is -2.20. The fourth-order valence-electron chi connectivity index (χ4n) is 1.92. The van der Waals surface area contributed by atoms with Gasteiger partial charge in [0.25, 0.3) is 0 Å². The Morgan fingerprint density at radius 1 is 1.35 bits per heavy atom. The van der Waals surface area contributed by atoms with E-state index in [0.29, 0.717) is 12.6 Å². The van der Waals surface area contributed by atoms with Gasteiger partial charge >= 0.3 is 0 Å². The molecule has 2 rings (SSSR count). The van der Waals surface area contributed by atoms with Gasteiger partial charge in [0.2, 0.25) is 0 Å². The average molecular weight is 229 g/mol. The standard InChI is InChI=1S/C14H19N3/c1-10-9-12-5-3-4-6-13(12)17-14(10)16-11(2)7-8-15/h3-6,9,11H,7-8,15H2,1-2H3,(H,16,17). The predicted octanol–water partition coefficient (Wildman–Crippen LogP) is 2.69. The van der Waals surface area contributed by atoms with Crippen molar-refractivity contribution in [1.82, 2.24) is 4.98 Å². The summed E-state index contributed by atoms with van der Waals surface area (Å²) in [7, 11) is 0. The van der Waals surface area contributed by atoms with E-state index in [1.807, 2.05) is 18.2 Å². The number of para-hydroxylation sites is 1. The summed E-state index contributed by atoms with van der Waals surface area (Å²) in [4.78, 5) is 4.65. The molecule has 3 heteroatoms. The highest BCUT2D eigenvalue weighted by atomic mass is 15.0. The predicted molar refractivity (Wildman–Crippen MR) is 73.2 cm³/mol. The van der Waals surface area contributed by atoms with E-state index in [0.717, 1.165) is 17.8 Å². The van der Waals surface area contributed by atoms with Gasteiger partial charge in [0.1, 0.15) is 5.82 Å². The van der Waals surface area contributed by atoms with Crippen LogP contribution in [-0.2, 0) is 0 Å². The van der Waals surface area contributed by atoms with Gasteiger partial charge in [-0.25, -0.2) is 4.98 Å². The van der Waals surface area contributed by atoms with Gasteiger partial charge in [-0.15, -0.1) is 0 Å². The van der Waals surface area contributed by atoms with E-state index in [-0.39, 0.29) is 0 Å². The maximum absolute atomic E-state index is 5.55. The first kappa shape index (κ1) is 11.9. The minimum Gasteiger partial charge on any atom is -0.367 e. The van der Waals surface area contributed by atoms with E-state index < -0.39 is 0 Å². The number of aryl methyl sites for hydroxylation is 1. The minimum atomic E-state index is 0.354. The third-order valence-corrected chi connectivity index (χ3v) is 2.90. The largest absolute Gasteiger partial charge is 0.367 e. The number of benzene rings is 1. The van der Waals surface area contributed by atoms with Crippen molar-refractivity contribution in [3.8, 4) is 0 Å². The van der Waals surface area contributed by atoms with Crippen LogP contribution >= 0.6 is 0 Å². The molecule has 90 valence electrons. The molecule has 0 spiro atoms. The second kappa shape index (κ2) is 5.15. The molecule has 0 aliphatic carbocycles. The van der Waals surface area contributed by atoms with E-state index in [9.17, 15) is 0 Å². The van der Waals surface area contributed by atoms with Gasteiger partial charge in [0, 0.05) is 11.4 Å². The molecule has 0 saturated carbocycles. The topological polar surface area (TPSA) is 50.9 Å². The summed E-state index contributed by atoms with van der Waals surface area (Å²) < 4.78 is 0. The van der Waals surface area contributed by atoms with Crippen molar-refractivity contribution in [1.29, 1.82) is 0 Å². The van der Waals surface area contributed by atoms with Crippen molar-refractivity contribution >= 4 is 16.7 Å². The van der Waals surface area contributed by atoms with Gasteiger partial charge < -0.3 is 11.1 Å². The molecule has 3 N–H and O–H groups in total. The van der Waals surface area contributed by atoms with Crippen molar-refractivity contribution < 1.29 is 0 Å². The van der Waals surface area contributed by atoms with Gasteiger partial charge in [-0.1, -0.05) is 18.2 Å². The van der Waals surface area contributed by atoms with Crippen LogP contribution in [0.15, 0.2) is 30.3 Å². The first-order chi connectivity index (χ1) is 8.20. The van der Waals surface area contributed by atoms with Crippen LogP contribution in [0.4, 0.5) is 5.82 Å². The zero-order chi connectivity index (χ0) is 12.3. The van der Waals surface area contributed by atoms with E-state index in [2.05, 4.69) is 36.3 Å². The van der Waals surface area contributed by atoms with Crippen molar-refractivity contribution in [2.24, 2.45) is 5.73 Å². The van der Waals surface area contributed by atoms with Crippen molar-refractivity contribution in [3.63, 3.8) is 0 Å². The molecule has 1 unspecified atom stereocenters. The van der Waals surface area contributed by atoms with Crippen LogP contribution in [0.25, 0.3) is 10.9 Å². The zero-order valence-corrected chi connectivity index (χ0v) is 10.4. The molecule has 0 fully saturated rings. The highest BCUT2D eigenvalue weighted by molar-refractivity contribution is 5.81. The first-order valence-electron chi connectivity index (χ1n) is 6.03. The number of nitrogens with two attached hydrogens (primary N) is 1. The Hall–Kier alpha value is -1.61. The number of anilines is 1. The van der Waals surface area contributed by atoms with Gasteiger partial charge in [0.15, 0.2) is 0 Å². The molecule has 1 atom stereocenters. The Balaban J connectivity index is 2.31. The lowest BCUT2D eigenvalue weighted by atomic mass is 10.1. The molecule has 17 heavy (non-hydrogen) atoms. The van der Waals surface area contributed by atoms with Gasteiger partial charge in [-0.3, -0.25) is 0 Å². The molecule has 0 radical (unpaired) electrons. The molecule has 0 aliphatic rings. The summed E-state index contributed by atoms with van der Waals surface area (Å²) in [5.41, 5.74) is 7.75. The summed E-state index contributed by atoms with van der Waals surface area (Å²) in [5.74, 6) is 0.963. The van der Waals surface area contributed by atoms with Crippen molar-refractivity contribution in [3.05, 3.63) is 35.9 Å². The number of pyridine rings is 1. The lowest BCUT2D eigenvalue weighted by molar-refractivity contribution is 0.713. The Kier molecular flexibility index (Phi) is 3.59. The Morgan fingerprint density at radius 2 is 2.12 bits per heavy atom. The van der Waals surface area contributed by atoms with E-state index in [4.69, 9.17) is 5.73 Å². The van der Waals surface area contributed by atoms with Crippen LogP contribution in [0.5, 0.6) is 0 Å². The van der Waals surface area contributed by atoms with Crippen LogP contribution in [0.3, 0.4) is 0 Å². The second-order valence-electron chi connectivity index (χ2n) is 4.47. The number of nitrogens with one attached hydrogen (secondary N) is 1. The molecular formula is C14H19N3. The van der Waals surface area contributed by atoms with Gasteiger partial charge in [0.05, 0.1) is 5.52 Å². The third-order valence-electron chi connectivity index (χ3n) is 2.90. The number of hydrogen-bond donors (Lipinski definition) is 2. The smallest absolute Gasteiger partial charge is 0.129 e. The van der Waals surface area contributed by atoms with Crippen LogP contribution in [0.1, 0.15) is 18.9 Å². The number of hydrogen-bond acceptors (Lipinski definition) is 3. The number of aromatic nitrogens is 1. The Labute approximate surface area is 102 Å². The number of nitrogens with zero attached hydrogens (tertiary/aromatic N) is 1. The van der Waals surface area contributed by atoms with E-state index in [1.165, 1.54) is 10.9 Å². The lowest BCUT2D eigenvalue weighted by Gasteiger charge is -2.15. The first-order valence-corrected chi connectivity index (χ1v) is 6.03. The van der Waals surface area contributed by atoms with Crippen molar-refractivity contribution in [2.45, 2.75) is 26.3 Å². The minimum absolute atomic E-state index is 0.354. The fourth-order valence-corrected chi connectivity index (χ4v) is 1.92. The Morgan fingerprint density at radius 3 is 2.88 bits per heavy atom. The number of rotatable bonds is 4. The Bertz CT molecular complexity index is 508. The summed E-state index contributed by atoms with van der Waals surface area (Å²) in [6, 6.07) is 10.7. The molecule has 1 aromatic heterocycles. The molecule has 3 nitrogen and oxygen atoms in total. The monoisotopic (exact) mass is 229 g/mol. The van der Waals surface area contributed by atoms with E-state index in [1.54, 1.807) is 0 Å². The normalized spacial score (nSPS) is 12.6. The van der Waals surface area contributed by atoms with Crippen LogP contribution in [0, 0.1) is 6.92 Å². The molecule has 1 aromatic carbocycles. The molecule has 2 aromatic rings. The SMILES string of the molecule is Cc1cc2ccccc2nc1NC(C)CCN. The highest BCUT2D eigenvalue weighted by Crippen LogP contribution is 2.20. The highest BCUT2D eigenvalue weighted by Gasteiger charge is 2.06. The maximum Gasteiger partial charge on any atom is 0.129 e. The fraction of sp³-hybridized carbons (Fsp3) is 0.357. The molecule has 0 bridgehead atoms. The third kappa shape index (κ3) is 2.74. The van der Waals surface area contributed by atoms with Gasteiger partial charge in [-0.2, -0.15) is 0 Å². The molecular weight excluding hydrogens is 210 g/mol. The zero-order valence-electron chi connectivity index (χ0n) is 10.4. The molecule has 0 amide bonds. The summed E-state index contributed by atoms with van der Waals surface area (Å²) in [6.07, 6.45) is 0.952. The number of fused-ring (bicyclic) bond motifs is 1. The molecule has 0 saturated heterocycles. The maximum atomic E-state index is 5.55. The van der Waals surface area contributed by atoms with Gasteiger partial charge in [-0.05, 0) is 44.5 Å². The van der Waals surface area contributed by atoms with Crippen molar-refractivity contribution in [2.75, 3.05) is 11.9 Å². The molecule has 0 aliphatic heterocycles. The average Bonchev–Trinajstić information content (AvgIpc) is 2.30. The summed E-state index contributed by atoms with van der Waals surface area (Å²) in [6.45, 7) is 4.90. The van der Waals surface area contributed by atoms with Crippen LogP contribution in [-0.4, -0.2) is 17.6 Å². The van der Waals surface area contributed by atoms with Crippen LogP contribution < -0.4 is 11.1 Å². The quantitative estimate of drug-likeness (QED) is 0.847. The molecule has 1 heterocycles. The summed E-state index contributed by atoms with van der Waals surface area (Å²) in [5, 5.41) is 4.59.